The van der Waals surface area contributed by atoms with E-state index in [1.165, 1.54) is 19.1 Å². The molecule has 36 heavy (non-hydrogen) atoms. The molecule has 0 unspecified atom stereocenters. The van der Waals surface area contributed by atoms with Crippen LogP contribution in [0.4, 0.5) is 17.6 Å². The van der Waals surface area contributed by atoms with Gasteiger partial charge in [-0.15, -0.1) is 0 Å². The van der Waals surface area contributed by atoms with Crippen LogP contribution < -0.4 is 5.32 Å². The minimum atomic E-state index is -4.86. The van der Waals surface area contributed by atoms with Gasteiger partial charge in [-0.2, -0.15) is 23.4 Å². The average molecular weight is 507 g/mol. The Balaban J connectivity index is 1.62. The van der Waals surface area contributed by atoms with Gasteiger partial charge in [-0.25, -0.2) is 9.40 Å². The van der Waals surface area contributed by atoms with Crippen molar-refractivity contribution in [3.63, 3.8) is 0 Å². The van der Waals surface area contributed by atoms with Gasteiger partial charge in [-0.05, 0) is 39.8 Å². The van der Waals surface area contributed by atoms with Gasteiger partial charge in [0.2, 0.25) is 0 Å². The number of hydrogen-bond donors (Lipinski definition) is 2. The number of halogens is 4. The molecule has 8 nitrogen and oxygen atoms in total. The number of carbonyl (C=O) groups is 1. The topological polar surface area (TPSA) is 95.1 Å². The number of aliphatic hydroxyl groups is 1. The lowest BCUT2D eigenvalue weighted by Gasteiger charge is -2.24. The molecule has 1 aromatic carbocycles. The van der Waals surface area contributed by atoms with Crippen LogP contribution in [0, 0.1) is 5.82 Å². The highest BCUT2D eigenvalue weighted by Gasteiger charge is 2.36. The molecule has 1 aromatic heterocycles. The normalized spacial score (nSPS) is 18.9. The summed E-state index contributed by atoms with van der Waals surface area (Å²) in [4.78, 5) is 17.7. The molecular weight excluding hydrogens is 480 g/mol. The van der Waals surface area contributed by atoms with Gasteiger partial charge in [0.25, 0.3) is 5.91 Å². The van der Waals surface area contributed by atoms with Crippen LogP contribution in [-0.4, -0.2) is 55.5 Å². The molecule has 0 bridgehead atoms. The molecular formula is C24H26F4N6O2. The van der Waals surface area contributed by atoms with E-state index in [-0.39, 0.29) is 23.7 Å². The molecule has 2 aromatic rings. The van der Waals surface area contributed by atoms with Crippen LogP contribution in [0.1, 0.15) is 50.4 Å². The monoisotopic (exact) mass is 506 g/mol. The van der Waals surface area contributed by atoms with Crippen molar-refractivity contribution < 1.29 is 27.5 Å². The highest BCUT2D eigenvalue weighted by Crippen LogP contribution is 2.34. The van der Waals surface area contributed by atoms with Crippen LogP contribution in [0.15, 0.2) is 52.3 Å². The molecule has 4 rings (SSSR count). The molecule has 2 N–H and O–H groups in total. The lowest BCUT2D eigenvalue weighted by atomic mass is 10.0. The zero-order valence-electron chi connectivity index (χ0n) is 20.1. The molecule has 2 aliphatic heterocycles. The van der Waals surface area contributed by atoms with Crippen LogP contribution in [0.3, 0.4) is 0 Å². The van der Waals surface area contributed by atoms with Crippen LogP contribution in [-0.2, 0) is 17.5 Å². The molecule has 2 aliphatic rings. The fourth-order valence-corrected chi connectivity index (χ4v) is 4.05. The Morgan fingerprint density at radius 1 is 1.31 bits per heavy atom. The quantitative estimate of drug-likeness (QED) is 0.587. The summed E-state index contributed by atoms with van der Waals surface area (Å²) in [5.41, 5.74) is -1.49. The predicted molar refractivity (Wildman–Crippen MR) is 125 cm³/mol. The summed E-state index contributed by atoms with van der Waals surface area (Å²) in [6.07, 6.45) is -0.0979. The van der Waals surface area contributed by atoms with Gasteiger partial charge in [-0.3, -0.25) is 14.5 Å². The number of amides is 1. The largest absolute Gasteiger partial charge is 0.419 e. The molecule has 12 heteroatoms. The van der Waals surface area contributed by atoms with E-state index in [0.717, 1.165) is 6.07 Å². The maximum atomic E-state index is 14.6. The number of nitrogens with one attached hydrogen (secondary N) is 1. The number of fused-ring (bicyclic) bond motifs is 1. The van der Waals surface area contributed by atoms with E-state index >= 15 is 0 Å². The van der Waals surface area contributed by atoms with Crippen LogP contribution in [0.5, 0.6) is 0 Å². The highest BCUT2D eigenvalue weighted by atomic mass is 19.4. The summed E-state index contributed by atoms with van der Waals surface area (Å²) in [6.45, 7) is 7.24. The first-order valence-electron chi connectivity index (χ1n) is 11.3. The maximum Gasteiger partial charge on any atom is 0.419 e. The lowest BCUT2D eigenvalue weighted by molar-refractivity contribution is -0.140. The van der Waals surface area contributed by atoms with E-state index in [2.05, 4.69) is 20.5 Å². The minimum absolute atomic E-state index is 0.143. The van der Waals surface area contributed by atoms with E-state index in [1.54, 1.807) is 35.9 Å². The number of carbonyl (C=O) groups excluding carboxylic acids is 1. The second kappa shape index (κ2) is 9.16. The summed E-state index contributed by atoms with van der Waals surface area (Å²) in [6, 6.07) is 1.77. The highest BCUT2D eigenvalue weighted by molar-refractivity contribution is 6.28. The number of benzene rings is 1. The fourth-order valence-electron chi connectivity index (χ4n) is 4.05. The molecule has 0 radical (unpaired) electrons. The lowest BCUT2D eigenvalue weighted by Crippen LogP contribution is -2.38. The number of rotatable bonds is 6. The minimum Gasteiger partial charge on any atom is -0.389 e. The molecule has 3 heterocycles. The Bertz CT molecular complexity index is 1270. The Kier molecular flexibility index (Phi) is 6.50. The van der Waals surface area contributed by atoms with E-state index < -0.39 is 35.1 Å². The molecule has 0 spiro atoms. The van der Waals surface area contributed by atoms with Crippen molar-refractivity contribution >= 4 is 17.5 Å². The number of aromatic nitrogens is 2. The molecule has 2 atom stereocenters. The van der Waals surface area contributed by atoms with Crippen LogP contribution >= 0.6 is 0 Å². The molecule has 0 aliphatic carbocycles. The average Bonchev–Trinajstić information content (AvgIpc) is 3.36. The number of amidine groups is 1. The van der Waals surface area contributed by atoms with E-state index in [1.807, 2.05) is 6.92 Å². The summed E-state index contributed by atoms with van der Waals surface area (Å²) >= 11 is 0. The third-order valence-electron chi connectivity index (χ3n) is 5.65. The second-order valence-electron chi connectivity index (χ2n) is 9.57. The molecule has 0 saturated heterocycles. The van der Waals surface area contributed by atoms with Crippen molar-refractivity contribution in [3.05, 3.63) is 64.7 Å². The number of aliphatic imine (C=N–C) groups is 1. The first-order valence-corrected chi connectivity index (χ1v) is 11.3. The summed E-state index contributed by atoms with van der Waals surface area (Å²) in [7, 11) is 0. The van der Waals surface area contributed by atoms with Gasteiger partial charge in [0.1, 0.15) is 5.82 Å². The maximum absolute atomic E-state index is 14.6. The van der Waals surface area contributed by atoms with E-state index in [4.69, 9.17) is 0 Å². The smallest absolute Gasteiger partial charge is 0.389 e. The predicted octanol–water partition coefficient (Wildman–Crippen LogP) is 3.44. The van der Waals surface area contributed by atoms with Crippen molar-refractivity contribution in [2.75, 3.05) is 6.54 Å². The van der Waals surface area contributed by atoms with Crippen LogP contribution in [0.2, 0.25) is 0 Å². The Hall–Kier alpha value is -3.54. The number of allylic oxidation sites excluding steroid dienone is 1. The number of alkyl halides is 3. The zero-order valence-corrected chi connectivity index (χ0v) is 20.1. The van der Waals surface area contributed by atoms with Gasteiger partial charge in [0.15, 0.2) is 5.84 Å². The van der Waals surface area contributed by atoms with Crippen molar-refractivity contribution in [2.24, 2.45) is 10.1 Å². The zero-order chi connectivity index (χ0) is 26.4. The van der Waals surface area contributed by atoms with Crippen molar-refractivity contribution in [2.45, 2.75) is 58.1 Å². The number of hydrogen-bond acceptors (Lipinski definition) is 6. The second-order valence-corrected chi connectivity index (χ2v) is 9.57. The number of hydrazone groups is 1. The van der Waals surface area contributed by atoms with Gasteiger partial charge < -0.3 is 10.4 Å². The third-order valence-corrected chi connectivity index (χ3v) is 5.65. The Morgan fingerprint density at radius 3 is 2.69 bits per heavy atom. The van der Waals surface area contributed by atoms with Crippen molar-refractivity contribution in [1.82, 2.24) is 20.1 Å². The standard InChI is InChI=1S/C24H26F4N6O2/c1-13-10-34-21(30-13)17(8-19(32-34)15-9-29-33(11-15)12-23(3,4)36)22(35)31-14(2)16-6-5-7-18(20(16)25)24(26,27)28/h5-9,11,13-14,36H,10,12H2,1-4H3,(H,31,35)/t13-,14-/m1/s1. The Labute approximate surface area is 205 Å². The van der Waals surface area contributed by atoms with Gasteiger partial charge in [0, 0.05) is 17.3 Å². The van der Waals surface area contributed by atoms with Crippen molar-refractivity contribution in [1.29, 1.82) is 0 Å². The van der Waals surface area contributed by atoms with E-state index in [0.29, 0.717) is 29.7 Å². The summed E-state index contributed by atoms with van der Waals surface area (Å²) in [5, 5.41) is 23.0. The summed E-state index contributed by atoms with van der Waals surface area (Å²) < 4.78 is 55.6. The summed E-state index contributed by atoms with van der Waals surface area (Å²) in [5.74, 6) is -1.73. The first-order chi connectivity index (χ1) is 16.7. The van der Waals surface area contributed by atoms with Gasteiger partial charge in [0.05, 0.1) is 53.8 Å². The van der Waals surface area contributed by atoms with Crippen LogP contribution in [0.25, 0.3) is 0 Å². The van der Waals surface area contributed by atoms with Gasteiger partial charge in [-0.1, -0.05) is 12.1 Å². The molecule has 0 saturated carbocycles. The Morgan fingerprint density at radius 2 is 2.03 bits per heavy atom. The van der Waals surface area contributed by atoms with E-state index in [9.17, 15) is 27.5 Å². The first kappa shape index (κ1) is 25.5. The molecule has 1 amide bonds. The number of nitrogens with zero attached hydrogens (tertiary/aromatic N) is 5. The fraction of sp³-hybridized carbons (Fsp3) is 0.417. The molecule has 192 valence electrons. The van der Waals surface area contributed by atoms with Gasteiger partial charge >= 0.3 is 6.18 Å². The molecule has 0 fully saturated rings. The SMILES string of the molecule is C[C@@H]1CN2N=C(c3cnn(CC(C)(C)O)c3)C=C(C(=O)N[C@H](C)c3cccc(C(F)(F)F)c3F)C2=N1. The van der Waals surface area contributed by atoms with Crippen molar-refractivity contribution in [3.8, 4) is 0 Å². The third kappa shape index (κ3) is 5.32.